The number of anilines is 1. The molecule has 114 valence electrons. The Kier molecular flexibility index (Phi) is 4.20. The summed E-state index contributed by atoms with van der Waals surface area (Å²) >= 11 is 0. The molecule has 1 atom stereocenters. The summed E-state index contributed by atoms with van der Waals surface area (Å²) in [6.07, 6.45) is -0.302. The van der Waals surface area contributed by atoms with Crippen molar-refractivity contribution in [3.63, 3.8) is 0 Å². The molecule has 1 aromatic carbocycles. The quantitative estimate of drug-likeness (QED) is 0.614. The van der Waals surface area contributed by atoms with Gasteiger partial charge in [0, 0.05) is 23.6 Å². The monoisotopic (exact) mass is 335 g/mol. The molecular weight excluding hydrogens is 325 g/mol. The van der Waals surface area contributed by atoms with Gasteiger partial charge in [0.2, 0.25) is 15.0 Å². The molecule has 1 amide bonds. The van der Waals surface area contributed by atoms with E-state index >= 15 is 0 Å². The lowest BCUT2D eigenvalue weighted by atomic mass is 10.2. The molecule has 0 saturated carbocycles. The van der Waals surface area contributed by atoms with Crippen molar-refractivity contribution in [2.45, 2.75) is 11.7 Å². The highest BCUT2D eigenvalue weighted by molar-refractivity contribution is 8.14. The molecule has 6 nitrogen and oxygen atoms in total. The number of benzene rings is 1. The van der Waals surface area contributed by atoms with Crippen LogP contribution in [0, 0.1) is 5.82 Å². The molecule has 1 saturated heterocycles. The minimum Gasteiger partial charge on any atom is -0.465 e. The van der Waals surface area contributed by atoms with Crippen molar-refractivity contribution in [2.75, 3.05) is 18.6 Å². The van der Waals surface area contributed by atoms with Crippen LogP contribution in [0.4, 0.5) is 10.1 Å². The second kappa shape index (κ2) is 5.61. The number of carbonyl (C=O) groups excluding carboxylic acids is 2. The second-order valence-corrected chi connectivity index (χ2v) is 7.37. The molecule has 1 aliphatic heterocycles. The fraction of sp³-hybridized carbons (Fsp3) is 0.333. The van der Waals surface area contributed by atoms with Crippen LogP contribution in [0.25, 0.3) is 0 Å². The molecule has 2 rings (SSSR count). The topological polar surface area (TPSA) is 80.8 Å². The Balaban J connectivity index is 2.31. The van der Waals surface area contributed by atoms with Gasteiger partial charge in [-0.3, -0.25) is 4.79 Å². The number of hydrogen-bond acceptors (Lipinski definition) is 5. The van der Waals surface area contributed by atoms with Gasteiger partial charge in [0.1, 0.15) is 11.1 Å². The molecule has 0 bridgehead atoms. The molecule has 0 aliphatic carbocycles. The van der Waals surface area contributed by atoms with Gasteiger partial charge < -0.3 is 9.64 Å². The zero-order valence-corrected chi connectivity index (χ0v) is 12.4. The van der Waals surface area contributed by atoms with E-state index in [4.69, 9.17) is 10.7 Å². The Morgan fingerprint density at radius 1 is 1.48 bits per heavy atom. The number of nitrogens with zero attached hydrogens (tertiary/aromatic N) is 1. The molecule has 0 N–H and O–H groups in total. The van der Waals surface area contributed by atoms with Crippen LogP contribution in [0.2, 0.25) is 0 Å². The summed E-state index contributed by atoms with van der Waals surface area (Å²) < 4.78 is 41.0. The van der Waals surface area contributed by atoms with Gasteiger partial charge in [-0.2, -0.15) is 0 Å². The normalized spacial score (nSPS) is 18.9. The number of ether oxygens (including phenoxy) is 1. The Morgan fingerprint density at radius 2 is 2.14 bits per heavy atom. The average molecular weight is 336 g/mol. The molecule has 0 spiro atoms. The van der Waals surface area contributed by atoms with Crippen LogP contribution in [-0.4, -0.2) is 39.2 Å². The van der Waals surface area contributed by atoms with Gasteiger partial charge in [0.05, 0.1) is 18.4 Å². The minimum absolute atomic E-state index is 0.00749. The van der Waals surface area contributed by atoms with Gasteiger partial charge in [-0.25, -0.2) is 17.6 Å². The minimum atomic E-state index is -3.90. The molecule has 0 radical (unpaired) electrons. The summed E-state index contributed by atoms with van der Waals surface area (Å²) in [7, 11) is 2.48. The van der Waals surface area contributed by atoms with Crippen molar-refractivity contribution >= 4 is 37.3 Å². The van der Waals surface area contributed by atoms with E-state index in [-0.39, 0.29) is 24.2 Å². The lowest BCUT2D eigenvalue weighted by Crippen LogP contribution is -2.27. The molecular formula is C12H11ClFNO5S. The molecule has 1 aromatic rings. The predicted octanol–water partition coefficient (Wildman–Crippen LogP) is 1.29. The van der Waals surface area contributed by atoms with Crippen LogP contribution in [0.15, 0.2) is 18.2 Å². The van der Waals surface area contributed by atoms with Crippen LogP contribution in [0.5, 0.6) is 0 Å². The van der Waals surface area contributed by atoms with E-state index in [1.807, 2.05) is 0 Å². The highest BCUT2D eigenvalue weighted by Gasteiger charge is 2.38. The number of halogens is 2. The molecule has 1 aliphatic rings. The molecule has 9 heteroatoms. The first-order valence-electron chi connectivity index (χ1n) is 5.85. The van der Waals surface area contributed by atoms with E-state index in [0.29, 0.717) is 0 Å². The maximum absolute atomic E-state index is 14.0. The number of esters is 1. The largest absolute Gasteiger partial charge is 0.465 e. The smallest absolute Gasteiger partial charge is 0.337 e. The maximum atomic E-state index is 14.0. The lowest BCUT2D eigenvalue weighted by Gasteiger charge is -2.17. The van der Waals surface area contributed by atoms with Crippen LogP contribution in [0.3, 0.4) is 0 Å². The Labute approximate surface area is 124 Å². The lowest BCUT2D eigenvalue weighted by molar-refractivity contribution is -0.117. The fourth-order valence-electron chi connectivity index (χ4n) is 2.07. The fourth-order valence-corrected chi connectivity index (χ4v) is 3.09. The van der Waals surface area contributed by atoms with Crippen molar-refractivity contribution < 1.29 is 27.1 Å². The summed E-state index contributed by atoms with van der Waals surface area (Å²) in [6.45, 7) is -0.223. The van der Waals surface area contributed by atoms with E-state index in [1.54, 1.807) is 0 Å². The molecule has 1 unspecified atom stereocenters. The van der Waals surface area contributed by atoms with E-state index in [1.165, 1.54) is 12.1 Å². The Bertz CT molecular complexity index is 706. The standard InChI is InChI=1S/C12H11ClFNO5S/c1-20-12(17)7-2-3-10(9(14)4-7)15-6-8(5-11(15)16)21(13,18)19/h2-4,8H,5-6H2,1H3. The molecule has 1 fully saturated rings. The van der Waals surface area contributed by atoms with Gasteiger partial charge in [-0.05, 0) is 18.2 Å². The third-order valence-corrected chi connectivity index (χ3v) is 5.02. The van der Waals surface area contributed by atoms with Gasteiger partial charge in [0.25, 0.3) is 0 Å². The van der Waals surface area contributed by atoms with Crippen LogP contribution in [0.1, 0.15) is 16.8 Å². The van der Waals surface area contributed by atoms with Gasteiger partial charge in [-0.15, -0.1) is 0 Å². The van der Waals surface area contributed by atoms with E-state index in [0.717, 1.165) is 18.1 Å². The Morgan fingerprint density at radius 3 is 2.62 bits per heavy atom. The summed E-state index contributed by atoms with van der Waals surface area (Å²) in [4.78, 5) is 24.1. The third-order valence-electron chi connectivity index (χ3n) is 3.15. The highest BCUT2D eigenvalue weighted by atomic mass is 35.7. The van der Waals surface area contributed by atoms with Crippen molar-refractivity contribution in [3.05, 3.63) is 29.6 Å². The highest BCUT2D eigenvalue weighted by Crippen LogP contribution is 2.29. The number of carbonyl (C=O) groups is 2. The third kappa shape index (κ3) is 3.16. The van der Waals surface area contributed by atoms with E-state index < -0.39 is 32.0 Å². The first-order valence-corrected chi connectivity index (χ1v) is 8.23. The summed E-state index contributed by atoms with van der Waals surface area (Å²) in [5, 5.41) is -1.08. The first kappa shape index (κ1) is 15.7. The zero-order valence-electron chi connectivity index (χ0n) is 10.9. The predicted molar refractivity (Wildman–Crippen MR) is 73.3 cm³/mol. The van der Waals surface area contributed by atoms with Crippen LogP contribution >= 0.6 is 10.7 Å². The van der Waals surface area contributed by atoms with Crippen molar-refractivity contribution in [2.24, 2.45) is 0 Å². The van der Waals surface area contributed by atoms with E-state index in [2.05, 4.69) is 4.74 Å². The van der Waals surface area contributed by atoms with Crippen molar-refractivity contribution in [3.8, 4) is 0 Å². The van der Waals surface area contributed by atoms with Gasteiger partial charge >= 0.3 is 5.97 Å². The van der Waals surface area contributed by atoms with Crippen molar-refractivity contribution in [1.29, 1.82) is 0 Å². The van der Waals surface area contributed by atoms with Crippen molar-refractivity contribution in [1.82, 2.24) is 0 Å². The van der Waals surface area contributed by atoms with Crippen LogP contribution in [-0.2, 0) is 18.6 Å². The molecule has 1 heterocycles. The number of methoxy groups -OCH3 is 1. The number of amides is 1. The molecule has 21 heavy (non-hydrogen) atoms. The summed E-state index contributed by atoms with van der Waals surface area (Å²) in [5.74, 6) is -2.08. The van der Waals surface area contributed by atoms with Gasteiger partial charge in [-0.1, -0.05) is 0 Å². The Hall–Kier alpha value is -1.67. The first-order chi connectivity index (χ1) is 9.74. The second-order valence-electron chi connectivity index (χ2n) is 4.46. The van der Waals surface area contributed by atoms with E-state index in [9.17, 15) is 22.4 Å². The SMILES string of the molecule is COC(=O)c1ccc(N2CC(S(=O)(=O)Cl)CC2=O)c(F)c1. The molecule has 0 aromatic heterocycles. The van der Waals surface area contributed by atoms with Gasteiger partial charge in [0.15, 0.2) is 0 Å². The zero-order chi connectivity index (χ0) is 15.8. The maximum Gasteiger partial charge on any atom is 0.337 e. The van der Waals surface area contributed by atoms with Crippen LogP contribution < -0.4 is 4.90 Å². The summed E-state index contributed by atoms with van der Waals surface area (Å²) in [5.41, 5.74) is -0.109. The number of rotatable bonds is 3. The average Bonchev–Trinajstić information content (AvgIpc) is 2.79. The summed E-state index contributed by atoms with van der Waals surface area (Å²) in [6, 6.07) is 3.44. The number of hydrogen-bond donors (Lipinski definition) is 0.